The lowest BCUT2D eigenvalue weighted by Gasteiger charge is -2.76. The summed E-state index contributed by atoms with van der Waals surface area (Å²) in [7, 11) is 0. The van der Waals surface area contributed by atoms with Gasteiger partial charge in [-0.25, -0.2) is 22.0 Å². The standard InChI is InChI=1S/C14H6F20/c15-2-5(17)4(1-6(18,19)14(32,33)34)8(22,9(5,23)7(20,21)3-16)11(26,27)13(30,31)12(28,29)10(4,24)25/h1-3H2/t4-,5+,8+,9+/m1/s1. The average Bonchev–Trinajstić information content (AvgIpc) is 2.67. The number of hydrogen-bond donors (Lipinski definition) is 0. The van der Waals surface area contributed by atoms with Crippen LogP contribution in [0, 0.1) is 5.41 Å². The largest absolute Gasteiger partial charge is 0.453 e. The minimum absolute atomic E-state index is 4.05. The van der Waals surface area contributed by atoms with E-state index in [1.807, 2.05) is 0 Å². The molecule has 202 valence electrons. The summed E-state index contributed by atoms with van der Waals surface area (Å²) in [4.78, 5) is 0. The molecule has 2 saturated carbocycles. The minimum atomic E-state index is -8.19. The fourth-order valence-electron chi connectivity index (χ4n) is 4.55. The van der Waals surface area contributed by atoms with Crippen LogP contribution in [-0.4, -0.2) is 72.1 Å². The van der Waals surface area contributed by atoms with Crippen LogP contribution in [0.3, 0.4) is 0 Å². The van der Waals surface area contributed by atoms with Gasteiger partial charge in [-0.1, -0.05) is 0 Å². The summed E-state index contributed by atoms with van der Waals surface area (Å²) in [6.07, 6.45) is -12.3. The van der Waals surface area contributed by atoms with E-state index in [0.717, 1.165) is 0 Å². The Morgan fingerprint density at radius 1 is 0.529 bits per heavy atom. The summed E-state index contributed by atoms with van der Waals surface area (Å²) in [6, 6.07) is 0. The molecule has 2 aliphatic rings. The Balaban J connectivity index is 3.23. The van der Waals surface area contributed by atoms with Gasteiger partial charge in [-0.15, -0.1) is 0 Å². The van der Waals surface area contributed by atoms with Crippen molar-refractivity contribution < 1.29 is 87.8 Å². The molecule has 0 aromatic rings. The molecule has 0 amide bonds. The highest BCUT2D eigenvalue weighted by Gasteiger charge is 3.16. The third-order valence-corrected chi connectivity index (χ3v) is 6.19. The van der Waals surface area contributed by atoms with E-state index in [1.54, 1.807) is 0 Å². The van der Waals surface area contributed by atoms with Crippen LogP contribution >= 0.6 is 0 Å². The molecule has 0 spiro atoms. The first-order valence-electron chi connectivity index (χ1n) is 8.10. The van der Waals surface area contributed by atoms with Gasteiger partial charge in [0.25, 0.3) is 5.67 Å². The van der Waals surface area contributed by atoms with E-state index < -0.39 is 83.9 Å². The topological polar surface area (TPSA) is 0 Å². The zero-order chi connectivity index (χ0) is 27.6. The number of fused-ring (bicyclic) bond motifs is 1. The third kappa shape index (κ3) is 2.23. The normalized spacial score (nSPS) is 40.9. The molecule has 0 heterocycles. The molecule has 0 radical (unpaired) electrons. The fraction of sp³-hybridized carbons (Fsp3) is 1.00. The van der Waals surface area contributed by atoms with Gasteiger partial charge in [0.15, 0.2) is 12.3 Å². The van der Waals surface area contributed by atoms with E-state index in [9.17, 15) is 79.0 Å². The third-order valence-electron chi connectivity index (χ3n) is 6.19. The van der Waals surface area contributed by atoms with Gasteiger partial charge in [-0.05, 0) is 0 Å². The molecule has 0 unspecified atom stereocenters. The van der Waals surface area contributed by atoms with Gasteiger partial charge in [0.2, 0.25) is 5.67 Å². The fourth-order valence-corrected chi connectivity index (χ4v) is 4.55. The van der Waals surface area contributed by atoms with Crippen molar-refractivity contribution >= 4 is 0 Å². The summed E-state index contributed by atoms with van der Waals surface area (Å²) < 4.78 is 275. The number of halogens is 20. The highest BCUT2D eigenvalue weighted by Crippen LogP contribution is 2.88. The maximum absolute atomic E-state index is 15.3. The van der Waals surface area contributed by atoms with Crippen molar-refractivity contribution in [3.63, 3.8) is 0 Å². The van der Waals surface area contributed by atoms with Crippen LogP contribution in [0.5, 0.6) is 0 Å². The Morgan fingerprint density at radius 2 is 0.912 bits per heavy atom. The Morgan fingerprint density at radius 3 is 1.24 bits per heavy atom. The molecule has 0 aliphatic heterocycles. The Labute approximate surface area is 173 Å². The Kier molecular flexibility index (Phi) is 5.49. The lowest BCUT2D eigenvalue weighted by molar-refractivity contribution is -0.567. The van der Waals surface area contributed by atoms with Crippen molar-refractivity contribution in [3.8, 4) is 0 Å². The maximum Gasteiger partial charge on any atom is 0.453 e. The van der Waals surface area contributed by atoms with Crippen LogP contribution in [-0.2, 0) is 0 Å². The number of rotatable bonds is 5. The van der Waals surface area contributed by atoms with Crippen LogP contribution in [0.1, 0.15) is 6.42 Å². The lowest BCUT2D eigenvalue weighted by atomic mass is 9.32. The second-order valence-electron chi connectivity index (χ2n) is 7.67. The number of hydrogen-bond acceptors (Lipinski definition) is 0. The first-order chi connectivity index (χ1) is 14.6. The van der Waals surface area contributed by atoms with Crippen LogP contribution in [0.15, 0.2) is 0 Å². The van der Waals surface area contributed by atoms with Crippen molar-refractivity contribution in [2.75, 3.05) is 13.3 Å². The van der Waals surface area contributed by atoms with Crippen LogP contribution < -0.4 is 0 Å². The van der Waals surface area contributed by atoms with Crippen molar-refractivity contribution in [1.29, 1.82) is 0 Å². The van der Waals surface area contributed by atoms with Crippen molar-refractivity contribution in [2.24, 2.45) is 5.41 Å². The molecular weight excluding hydrogens is 548 g/mol. The van der Waals surface area contributed by atoms with Gasteiger partial charge in [0, 0.05) is 6.42 Å². The zero-order valence-electron chi connectivity index (χ0n) is 15.2. The molecule has 0 N–H and O–H groups in total. The van der Waals surface area contributed by atoms with Crippen molar-refractivity contribution in [2.45, 2.75) is 65.1 Å². The summed E-state index contributed by atoms with van der Waals surface area (Å²) >= 11 is 0. The van der Waals surface area contributed by atoms with Crippen LogP contribution in [0.25, 0.3) is 0 Å². The molecule has 0 aromatic carbocycles. The van der Waals surface area contributed by atoms with Gasteiger partial charge < -0.3 is 0 Å². The highest BCUT2D eigenvalue weighted by atomic mass is 19.4. The lowest BCUT2D eigenvalue weighted by Crippen LogP contribution is -3.04. The first kappa shape index (κ1) is 28.8. The second kappa shape index (κ2) is 6.47. The van der Waals surface area contributed by atoms with Crippen LogP contribution in [0.4, 0.5) is 87.8 Å². The summed E-state index contributed by atoms with van der Waals surface area (Å²) in [5.74, 6) is -46.7. The molecule has 20 heteroatoms. The van der Waals surface area contributed by atoms with E-state index in [4.69, 9.17) is 0 Å². The molecular formula is C14H6F20. The molecule has 0 nitrogen and oxygen atoms in total. The summed E-state index contributed by atoms with van der Waals surface area (Å²) in [5, 5.41) is 0. The number of alkyl halides is 20. The predicted octanol–water partition coefficient (Wildman–Crippen LogP) is 6.83. The molecule has 0 aromatic heterocycles. The SMILES string of the molecule is FCC(F)(F)[C@@]1(F)[C@](F)(CF)[C@@]2(CC(F)(F)C(F)(F)F)C(F)(F)C(F)(F)C(F)(F)C(F)(F)[C@@]12F. The molecule has 0 saturated heterocycles. The van der Waals surface area contributed by atoms with E-state index in [-0.39, 0.29) is 0 Å². The molecule has 2 aliphatic carbocycles. The molecule has 34 heavy (non-hydrogen) atoms. The Hall–Kier alpha value is -1.40. The molecule has 2 fully saturated rings. The van der Waals surface area contributed by atoms with E-state index in [2.05, 4.69) is 0 Å². The molecule has 4 atom stereocenters. The first-order valence-corrected chi connectivity index (χ1v) is 8.10. The monoisotopic (exact) mass is 554 g/mol. The van der Waals surface area contributed by atoms with Gasteiger partial charge in [-0.2, -0.15) is 65.9 Å². The average molecular weight is 554 g/mol. The van der Waals surface area contributed by atoms with Gasteiger partial charge in [0.1, 0.15) is 12.1 Å². The summed E-state index contributed by atoms with van der Waals surface area (Å²) in [6.45, 7) is -8.32. The van der Waals surface area contributed by atoms with Gasteiger partial charge in [-0.3, -0.25) is 0 Å². The van der Waals surface area contributed by atoms with E-state index >= 15 is 8.78 Å². The van der Waals surface area contributed by atoms with Gasteiger partial charge in [0.05, 0.1) is 0 Å². The summed E-state index contributed by atoms with van der Waals surface area (Å²) in [5.41, 5.74) is -29.6. The highest BCUT2D eigenvalue weighted by molar-refractivity contribution is 5.50. The zero-order valence-corrected chi connectivity index (χ0v) is 15.2. The Bertz CT molecular complexity index is 843. The minimum Gasteiger partial charge on any atom is -0.247 e. The quantitative estimate of drug-likeness (QED) is 0.327. The van der Waals surface area contributed by atoms with Gasteiger partial charge >= 0.3 is 41.7 Å². The van der Waals surface area contributed by atoms with Crippen molar-refractivity contribution in [1.82, 2.24) is 0 Å². The van der Waals surface area contributed by atoms with Crippen LogP contribution in [0.2, 0.25) is 0 Å². The van der Waals surface area contributed by atoms with E-state index in [0.29, 0.717) is 0 Å². The van der Waals surface area contributed by atoms with E-state index in [1.165, 1.54) is 0 Å². The predicted molar refractivity (Wildman–Crippen MR) is 66.3 cm³/mol. The molecule has 0 bridgehead atoms. The maximum atomic E-state index is 15.3. The second-order valence-corrected chi connectivity index (χ2v) is 7.67. The smallest absolute Gasteiger partial charge is 0.247 e. The van der Waals surface area contributed by atoms with Crippen molar-refractivity contribution in [3.05, 3.63) is 0 Å². The molecule has 2 rings (SSSR count).